The van der Waals surface area contributed by atoms with Crippen molar-refractivity contribution >= 4 is 11.9 Å². The number of carbonyl (C=O) groups is 2. The Bertz CT molecular complexity index is 1150. The molecule has 2 aromatic rings. The molecule has 5 rings (SSSR count). The molecule has 0 saturated carbocycles. The summed E-state index contributed by atoms with van der Waals surface area (Å²) in [5, 5.41) is 6.77. The number of nitrogens with one attached hydrogen (secondary N) is 1. The molecular formula is C22H28N6O4. The van der Waals surface area contributed by atoms with Gasteiger partial charge in [0, 0.05) is 50.1 Å². The Hall–Kier alpha value is -3.17. The Morgan fingerprint density at radius 1 is 1.19 bits per heavy atom. The van der Waals surface area contributed by atoms with Gasteiger partial charge in [-0.1, -0.05) is 5.16 Å². The van der Waals surface area contributed by atoms with Crippen LogP contribution in [0.25, 0.3) is 0 Å². The Labute approximate surface area is 185 Å². The van der Waals surface area contributed by atoms with Crippen molar-refractivity contribution in [3.8, 4) is 0 Å². The van der Waals surface area contributed by atoms with Crippen molar-refractivity contribution in [2.24, 2.45) is 0 Å². The first-order chi connectivity index (χ1) is 15.3. The summed E-state index contributed by atoms with van der Waals surface area (Å²) in [6, 6.07) is 1.62. The normalized spacial score (nSPS) is 21.9. The maximum absolute atomic E-state index is 13.4. The molecule has 32 heavy (non-hydrogen) atoms. The lowest BCUT2D eigenvalue weighted by Gasteiger charge is -2.29. The fourth-order valence-corrected chi connectivity index (χ4v) is 5.14. The Morgan fingerprint density at radius 2 is 1.97 bits per heavy atom. The Balaban J connectivity index is 1.40. The maximum atomic E-state index is 13.4. The minimum absolute atomic E-state index is 0.0621. The van der Waals surface area contributed by atoms with Gasteiger partial charge in [0.05, 0.1) is 17.8 Å². The molecule has 0 unspecified atom stereocenters. The van der Waals surface area contributed by atoms with E-state index in [9.17, 15) is 14.4 Å². The van der Waals surface area contributed by atoms with Crippen LogP contribution in [0.15, 0.2) is 15.4 Å². The molecule has 2 aromatic heterocycles. The zero-order valence-electron chi connectivity index (χ0n) is 18.7. The lowest BCUT2D eigenvalue weighted by molar-refractivity contribution is 0.0721. The predicted octanol–water partition coefficient (Wildman–Crippen LogP) is 1.20. The van der Waals surface area contributed by atoms with E-state index in [1.165, 1.54) is 0 Å². The molecule has 170 valence electrons. The number of hydrogen-bond donors (Lipinski definition) is 1. The molecule has 10 nitrogen and oxygen atoms in total. The van der Waals surface area contributed by atoms with Crippen molar-refractivity contribution in [2.75, 3.05) is 19.6 Å². The van der Waals surface area contributed by atoms with Gasteiger partial charge in [-0.05, 0) is 33.6 Å². The first-order valence-electron chi connectivity index (χ1n) is 11.2. The van der Waals surface area contributed by atoms with Gasteiger partial charge in [0.2, 0.25) is 0 Å². The topological polar surface area (TPSA) is 114 Å². The monoisotopic (exact) mass is 440 g/mol. The lowest BCUT2D eigenvalue weighted by atomic mass is 9.85. The maximum Gasteiger partial charge on any atom is 0.317 e. The third-order valence-corrected chi connectivity index (χ3v) is 6.79. The number of aryl methyl sites for hydroxylation is 1. The molecule has 3 aliphatic heterocycles. The van der Waals surface area contributed by atoms with E-state index < -0.39 is 0 Å². The molecule has 0 bridgehead atoms. The predicted molar refractivity (Wildman–Crippen MR) is 114 cm³/mol. The van der Waals surface area contributed by atoms with Crippen LogP contribution < -0.4 is 10.9 Å². The average molecular weight is 441 g/mol. The van der Waals surface area contributed by atoms with Crippen LogP contribution >= 0.6 is 0 Å². The molecule has 1 spiro atoms. The quantitative estimate of drug-likeness (QED) is 0.751. The average Bonchev–Trinajstić information content (AvgIpc) is 3.47. The van der Waals surface area contributed by atoms with E-state index in [4.69, 9.17) is 9.51 Å². The highest BCUT2D eigenvalue weighted by Crippen LogP contribution is 2.41. The number of amides is 3. The van der Waals surface area contributed by atoms with Crippen molar-refractivity contribution in [3.63, 3.8) is 0 Å². The SMILES string of the molecule is Cc1cc(C(=O)N2CCc3nc4n(c(=O)c3C2)CC[C@]42CCN(C(=O)NC(C)C)C2)no1. The van der Waals surface area contributed by atoms with Crippen LogP contribution in [0.1, 0.15) is 60.0 Å². The van der Waals surface area contributed by atoms with Crippen LogP contribution in [0, 0.1) is 6.92 Å². The molecule has 5 heterocycles. The van der Waals surface area contributed by atoms with E-state index in [0.717, 1.165) is 24.4 Å². The summed E-state index contributed by atoms with van der Waals surface area (Å²) in [7, 11) is 0. The van der Waals surface area contributed by atoms with Crippen LogP contribution in [-0.2, 0) is 24.9 Å². The van der Waals surface area contributed by atoms with E-state index in [0.29, 0.717) is 43.9 Å². The Morgan fingerprint density at radius 3 is 2.69 bits per heavy atom. The van der Waals surface area contributed by atoms with Crippen molar-refractivity contribution in [1.82, 2.24) is 29.8 Å². The summed E-state index contributed by atoms with van der Waals surface area (Å²) in [5.74, 6) is 1.13. The van der Waals surface area contributed by atoms with Gasteiger partial charge in [-0.3, -0.25) is 14.2 Å². The van der Waals surface area contributed by atoms with Gasteiger partial charge < -0.3 is 19.6 Å². The molecule has 0 aromatic carbocycles. The standard InChI is InChI=1S/C22H28N6O4/c1-13(2)23-21(31)27-8-5-22(12-27)6-9-28-18(29)15-11-26(7-4-16(15)24-20(22)28)19(30)17-10-14(3)32-25-17/h10,13H,4-9,11-12H2,1-3H3,(H,23,31)/t22-/m0/s1. The first-order valence-corrected chi connectivity index (χ1v) is 11.2. The van der Waals surface area contributed by atoms with Crippen LogP contribution in [0.2, 0.25) is 0 Å². The third-order valence-electron chi connectivity index (χ3n) is 6.79. The summed E-state index contributed by atoms with van der Waals surface area (Å²) in [6.45, 7) is 8.15. The van der Waals surface area contributed by atoms with E-state index in [-0.39, 0.29) is 41.2 Å². The van der Waals surface area contributed by atoms with Gasteiger partial charge in [-0.25, -0.2) is 9.78 Å². The molecule has 3 amide bonds. The highest BCUT2D eigenvalue weighted by molar-refractivity contribution is 5.92. The number of likely N-dealkylation sites (tertiary alicyclic amines) is 1. The molecule has 1 saturated heterocycles. The Kier molecular flexibility index (Phi) is 4.83. The fourth-order valence-electron chi connectivity index (χ4n) is 5.14. The van der Waals surface area contributed by atoms with Crippen LogP contribution in [-0.4, -0.2) is 62.1 Å². The summed E-state index contributed by atoms with van der Waals surface area (Å²) < 4.78 is 6.78. The summed E-state index contributed by atoms with van der Waals surface area (Å²) in [4.78, 5) is 47.1. The summed E-state index contributed by atoms with van der Waals surface area (Å²) in [5.41, 5.74) is 1.27. The van der Waals surface area contributed by atoms with Crippen molar-refractivity contribution in [2.45, 2.75) is 64.6 Å². The van der Waals surface area contributed by atoms with Crippen LogP contribution in [0.3, 0.4) is 0 Å². The highest BCUT2D eigenvalue weighted by Gasteiger charge is 2.48. The van der Waals surface area contributed by atoms with Gasteiger partial charge in [0.15, 0.2) is 5.69 Å². The van der Waals surface area contributed by atoms with Gasteiger partial charge in [0.1, 0.15) is 11.6 Å². The second-order valence-corrected chi connectivity index (χ2v) is 9.42. The first kappa shape index (κ1) is 20.7. The van der Waals surface area contributed by atoms with Crippen molar-refractivity contribution < 1.29 is 14.1 Å². The minimum Gasteiger partial charge on any atom is -0.361 e. The number of urea groups is 1. The van der Waals surface area contributed by atoms with E-state index in [1.807, 2.05) is 18.7 Å². The van der Waals surface area contributed by atoms with E-state index >= 15 is 0 Å². The summed E-state index contributed by atoms with van der Waals surface area (Å²) in [6.07, 6.45) is 2.12. The van der Waals surface area contributed by atoms with Crippen LogP contribution in [0.5, 0.6) is 0 Å². The molecular weight excluding hydrogens is 412 g/mol. The van der Waals surface area contributed by atoms with E-state index in [2.05, 4.69) is 10.5 Å². The molecule has 1 N–H and O–H groups in total. The molecule has 1 fully saturated rings. The number of aromatic nitrogens is 3. The lowest BCUT2D eigenvalue weighted by Crippen LogP contribution is -2.44. The third kappa shape index (κ3) is 3.28. The fraction of sp³-hybridized carbons (Fsp3) is 0.591. The van der Waals surface area contributed by atoms with Gasteiger partial charge in [-0.15, -0.1) is 0 Å². The zero-order chi connectivity index (χ0) is 22.6. The molecule has 3 aliphatic rings. The second kappa shape index (κ2) is 7.46. The number of fused-ring (bicyclic) bond motifs is 3. The second-order valence-electron chi connectivity index (χ2n) is 9.42. The van der Waals surface area contributed by atoms with Gasteiger partial charge in [0.25, 0.3) is 11.5 Å². The number of hydrogen-bond acceptors (Lipinski definition) is 6. The smallest absolute Gasteiger partial charge is 0.317 e. The molecule has 1 atom stereocenters. The molecule has 0 aliphatic carbocycles. The van der Waals surface area contributed by atoms with E-state index in [1.54, 1.807) is 22.5 Å². The van der Waals surface area contributed by atoms with Gasteiger partial charge >= 0.3 is 6.03 Å². The largest absolute Gasteiger partial charge is 0.361 e. The molecule has 10 heteroatoms. The number of nitrogens with zero attached hydrogens (tertiary/aromatic N) is 5. The molecule has 0 radical (unpaired) electrons. The minimum atomic E-state index is -0.270. The highest BCUT2D eigenvalue weighted by atomic mass is 16.5. The van der Waals surface area contributed by atoms with Crippen molar-refractivity contribution in [3.05, 3.63) is 45.0 Å². The summed E-state index contributed by atoms with van der Waals surface area (Å²) >= 11 is 0. The zero-order valence-corrected chi connectivity index (χ0v) is 18.7. The number of carbonyl (C=O) groups excluding carboxylic acids is 2. The van der Waals surface area contributed by atoms with Crippen molar-refractivity contribution in [1.29, 1.82) is 0 Å². The number of rotatable bonds is 2. The van der Waals surface area contributed by atoms with Gasteiger partial charge in [-0.2, -0.15) is 0 Å². The van der Waals surface area contributed by atoms with Crippen LogP contribution in [0.4, 0.5) is 4.79 Å².